The highest BCUT2D eigenvalue weighted by atomic mass is 79.9. The van der Waals surface area contributed by atoms with Gasteiger partial charge in [0.15, 0.2) is 0 Å². The van der Waals surface area contributed by atoms with E-state index in [1.807, 2.05) is 62.4 Å². The summed E-state index contributed by atoms with van der Waals surface area (Å²) in [6.07, 6.45) is 1.60. The van der Waals surface area contributed by atoms with E-state index in [9.17, 15) is 4.79 Å². The average molecular weight is 370 g/mol. The van der Waals surface area contributed by atoms with Gasteiger partial charge in [-0.05, 0) is 55.8 Å². The summed E-state index contributed by atoms with van der Waals surface area (Å²) in [6, 6.07) is 15.5. The molecule has 116 valence electrons. The zero-order chi connectivity index (χ0) is 16.4. The highest BCUT2D eigenvalue weighted by Crippen LogP contribution is 2.18. The smallest absolute Gasteiger partial charge is 0.259 e. The number of hydrogen-bond acceptors (Lipinski definition) is 2. The molecule has 4 nitrogen and oxygen atoms in total. The standard InChI is InChI=1S/C18H16BrN3O/c1-12-4-3-5-16(10-12)22-13(2)17(11-20-22)18(23)21-15-8-6-14(19)7-9-15/h3-11H,1-2H3,(H,21,23). The van der Waals surface area contributed by atoms with Crippen LogP contribution in [0.5, 0.6) is 0 Å². The SMILES string of the molecule is Cc1cccc(-n2ncc(C(=O)Nc3ccc(Br)cc3)c2C)c1. The fourth-order valence-corrected chi connectivity index (χ4v) is 2.65. The quantitative estimate of drug-likeness (QED) is 0.738. The summed E-state index contributed by atoms with van der Waals surface area (Å²) >= 11 is 3.38. The van der Waals surface area contributed by atoms with E-state index in [-0.39, 0.29) is 5.91 Å². The van der Waals surface area contributed by atoms with Gasteiger partial charge in [-0.3, -0.25) is 4.79 Å². The van der Waals surface area contributed by atoms with Crippen LogP contribution in [0.2, 0.25) is 0 Å². The number of amides is 1. The van der Waals surface area contributed by atoms with Gasteiger partial charge in [0.1, 0.15) is 0 Å². The van der Waals surface area contributed by atoms with E-state index in [2.05, 4.69) is 26.3 Å². The molecular formula is C18H16BrN3O. The van der Waals surface area contributed by atoms with Crippen molar-refractivity contribution in [1.82, 2.24) is 9.78 Å². The lowest BCUT2D eigenvalue weighted by molar-refractivity contribution is 0.102. The lowest BCUT2D eigenvalue weighted by Gasteiger charge is -2.07. The van der Waals surface area contributed by atoms with Gasteiger partial charge < -0.3 is 5.32 Å². The minimum atomic E-state index is -0.163. The van der Waals surface area contributed by atoms with Crippen LogP contribution in [0, 0.1) is 13.8 Å². The van der Waals surface area contributed by atoms with Crippen molar-refractivity contribution in [2.45, 2.75) is 13.8 Å². The van der Waals surface area contributed by atoms with Crippen LogP contribution in [0.4, 0.5) is 5.69 Å². The van der Waals surface area contributed by atoms with Crippen molar-refractivity contribution in [3.8, 4) is 5.69 Å². The second-order valence-corrected chi connectivity index (χ2v) is 6.27. The fraction of sp³-hybridized carbons (Fsp3) is 0.111. The first-order chi connectivity index (χ1) is 11.0. The molecule has 1 amide bonds. The monoisotopic (exact) mass is 369 g/mol. The second kappa shape index (κ2) is 6.38. The summed E-state index contributed by atoms with van der Waals surface area (Å²) in [5.74, 6) is -0.163. The van der Waals surface area contributed by atoms with Gasteiger partial charge in [0.05, 0.1) is 23.1 Å². The number of anilines is 1. The molecule has 0 aliphatic heterocycles. The van der Waals surface area contributed by atoms with Crippen molar-refractivity contribution >= 4 is 27.5 Å². The summed E-state index contributed by atoms with van der Waals surface area (Å²) in [5.41, 5.74) is 4.23. The van der Waals surface area contributed by atoms with E-state index < -0.39 is 0 Å². The number of carbonyl (C=O) groups excluding carboxylic acids is 1. The molecule has 0 unspecified atom stereocenters. The summed E-state index contributed by atoms with van der Waals surface area (Å²) in [7, 11) is 0. The van der Waals surface area contributed by atoms with Crippen molar-refractivity contribution in [2.75, 3.05) is 5.32 Å². The van der Waals surface area contributed by atoms with Crippen molar-refractivity contribution in [3.05, 3.63) is 76.0 Å². The van der Waals surface area contributed by atoms with Crippen LogP contribution in [0.15, 0.2) is 59.2 Å². The van der Waals surface area contributed by atoms with Crippen LogP contribution in [-0.4, -0.2) is 15.7 Å². The Kier molecular flexibility index (Phi) is 4.30. The molecule has 2 aromatic carbocycles. The van der Waals surface area contributed by atoms with E-state index in [0.717, 1.165) is 27.1 Å². The van der Waals surface area contributed by atoms with Gasteiger partial charge in [-0.2, -0.15) is 5.10 Å². The van der Waals surface area contributed by atoms with Crippen LogP contribution in [0.3, 0.4) is 0 Å². The number of carbonyl (C=O) groups is 1. The first-order valence-electron chi connectivity index (χ1n) is 7.23. The first kappa shape index (κ1) is 15.5. The Balaban J connectivity index is 1.86. The Morgan fingerprint density at radius 2 is 1.87 bits per heavy atom. The summed E-state index contributed by atoms with van der Waals surface area (Å²) in [4.78, 5) is 12.5. The van der Waals surface area contributed by atoms with E-state index >= 15 is 0 Å². The molecule has 5 heteroatoms. The van der Waals surface area contributed by atoms with Gasteiger partial charge in [-0.1, -0.05) is 28.1 Å². The molecule has 23 heavy (non-hydrogen) atoms. The molecule has 0 aliphatic carbocycles. The highest BCUT2D eigenvalue weighted by molar-refractivity contribution is 9.10. The predicted molar refractivity (Wildman–Crippen MR) is 95.1 cm³/mol. The van der Waals surface area contributed by atoms with Gasteiger partial charge in [0, 0.05) is 10.2 Å². The maximum Gasteiger partial charge on any atom is 0.259 e. The lowest BCUT2D eigenvalue weighted by Crippen LogP contribution is -2.13. The van der Waals surface area contributed by atoms with E-state index in [4.69, 9.17) is 0 Å². The molecule has 3 aromatic rings. The molecule has 1 aromatic heterocycles. The second-order valence-electron chi connectivity index (χ2n) is 5.36. The molecule has 0 spiro atoms. The van der Waals surface area contributed by atoms with E-state index in [1.165, 1.54) is 0 Å². The Morgan fingerprint density at radius 1 is 1.13 bits per heavy atom. The van der Waals surface area contributed by atoms with Gasteiger partial charge in [-0.15, -0.1) is 0 Å². The molecular weight excluding hydrogens is 354 g/mol. The van der Waals surface area contributed by atoms with Crippen LogP contribution in [-0.2, 0) is 0 Å². The van der Waals surface area contributed by atoms with Crippen molar-refractivity contribution in [2.24, 2.45) is 0 Å². The summed E-state index contributed by atoms with van der Waals surface area (Å²) in [5, 5.41) is 7.24. The molecule has 0 saturated heterocycles. The zero-order valence-electron chi connectivity index (χ0n) is 12.9. The number of halogens is 1. The van der Waals surface area contributed by atoms with Crippen LogP contribution < -0.4 is 5.32 Å². The summed E-state index contributed by atoms with van der Waals surface area (Å²) < 4.78 is 2.75. The lowest BCUT2D eigenvalue weighted by atomic mass is 10.2. The molecule has 3 rings (SSSR count). The third-order valence-electron chi connectivity index (χ3n) is 3.60. The van der Waals surface area contributed by atoms with Gasteiger partial charge >= 0.3 is 0 Å². The highest BCUT2D eigenvalue weighted by Gasteiger charge is 2.15. The molecule has 0 atom stereocenters. The van der Waals surface area contributed by atoms with Crippen molar-refractivity contribution in [1.29, 1.82) is 0 Å². The molecule has 0 radical (unpaired) electrons. The normalized spacial score (nSPS) is 10.6. The van der Waals surface area contributed by atoms with E-state index in [1.54, 1.807) is 10.9 Å². The number of hydrogen-bond donors (Lipinski definition) is 1. The zero-order valence-corrected chi connectivity index (χ0v) is 14.5. The maximum absolute atomic E-state index is 12.5. The average Bonchev–Trinajstić information content (AvgIpc) is 2.91. The third-order valence-corrected chi connectivity index (χ3v) is 4.13. The molecule has 0 saturated carbocycles. The first-order valence-corrected chi connectivity index (χ1v) is 8.02. The Bertz CT molecular complexity index is 853. The van der Waals surface area contributed by atoms with Gasteiger partial charge in [-0.25, -0.2) is 4.68 Å². The number of aryl methyl sites for hydroxylation is 1. The number of rotatable bonds is 3. The topological polar surface area (TPSA) is 46.9 Å². The largest absolute Gasteiger partial charge is 0.322 e. The van der Waals surface area contributed by atoms with Gasteiger partial charge in [0.25, 0.3) is 5.91 Å². The Morgan fingerprint density at radius 3 is 2.57 bits per heavy atom. The fourth-order valence-electron chi connectivity index (χ4n) is 2.38. The van der Waals surface area contributed by atoms with E-state index in [0.29, 0.717) is 5.56 Å². The van der Waals surface area contributed by atoms with Crippen LogP contribution in [0.25, 0.3) is 5.69 Å². The number of benzene rings is 2. The van der Waals surface area contributed by atoms with Gasteiger partial charge in [0.2, 0.25) is 0 Å². The molecule has 0 bridgehead atoms. The number of nitrogens with one attached hydrogen (secondary N) is 1. The van der Waals surface area contributed by atoms with Crippen molar-refractivity contribution in [3.63, 3.8) is 0 Å². The minimum Gasteiger partial charge on any atom is -0.322 e. The van der Waals surface area contributed by atoms with Crippen LogP contribution in [0.1, 0.15) is 21.6 Å². The maximum atomic E-state index is 12.5. The van der Waals surface area contributed by atoms with Crippen LogP contribution >= 0.6 is 15.9 Å². The molecule has 0 fully saturated rings. The molecule has 0 aliphatic rings. The predicted octanol–water partition coefficient (Wildman–Crippen LogP) is 4.50. The Hall–Kier alpha value is -2.40. The number of aromatic nitrogens is 2. The third kappa shape index (κ3) is 3.35. The number of nitrogens with zero attached hydrogens (tertiary/aromatic N) is 2. The summed E-state index contributed by atoms with van der Waals surface area (Å²) in [6.45, 7) is 3.93. The van der Waals surface area contributed by atoms with Crippen molar-refractivity contribution < 1.29 is 4.79 Å². The molecule has 1 N–H and O–H groups in total. The Labute approximate surface area is 143 Å². The minimum absolute atomic E-state index is 0.163. The molecule has 1 heterocycles.